The van der Waals surface area contributed by atoms with Crippen molar-refractivity contribution in [3.63, 3.8) is 0 Å². The first-order valence-corrected chi connectivity index (χ1v) is 6.78. The zero-order valence-corrected chi connectivity index (χ0v) is 12.5. The van der Waals surface area contributed by atoms with Gasteiger partial charge in [0.15, 0.2) is 0 Å². The number of hydrogen-bond donors (Lipinski definition) is 2. The van der Waals surface area contributed by atoms with E-state index in [0.29, 0.717) is 12.1 Å². The van der Waals surface area contributed by atoms with Gasteiger partial charge in [0.1, 0.15) is 5.82 Å². The first-order chi connectivity index (χ1) is 9.93. The molecule has 0 bridgehead atoms. The number of rotatable bonds is 6. The Bertz CT molecular complexity index is 492. The molecule has 0 aliphatic heterocycles. The summed E-state index contributed by atoms with van der Waals surface area (Å²) in [6.45, 7) is 4.39. The largest absolute Gasteiger partial charge is 0.375 e. The van der Waals surface area contributed by atoms with Crippen LogP contribution in [0.3, 0.4) is 0 Å². The van der Waals surface area contributed by atoms with Crippen LogP contribution in [0.1, 0.15) is 25.5 Å². The molecule has 21 heavy (non-hydrogen) atoms. The maximum Gasteiger partial charge on any atom is 0.309 e. The van der Waals surface area contributed by atoms with Gasteiger partial charge in [-0.05, 0) is 23.6 Å². The fourth-order valence-electron chi connectivity index (χ4n) is 1.69. The monoisotopic (exact) mass is 296 g/mol. The topological polar surface area (TPSA) is 67.4 Å². The van der Waals surface area contributed by atoms with E-state index in [2.05, 4.69) is 10.6 Å². The van der Waals surface area contributed by atoms with Crippen LogP contribution < -0.4 is 10.6 Å². The van der Waals surface area contributed by atoms with Gasteiger partial charge >= 0.3 is 11.8 Å². The van der Waals surface area contributed by atoms with Crippen molar-refractivity contribution in [3.05, 3.63) is 35.6 Å². The first kappa shape index (κ1) is 17.1. The first-order valence-electron chi connectivity index (χ1n) is 6.78. The summed E-state index contributed by atoms with van der Waals surface area (Å²) in [6.07, 6.45) is -0.512. The van der Waals surface area contributed by atoms with Crippen molar-refractivity contribution in [2.24, 2.45) is 5.92 Å². The minimum atomic E-state index is -0.728. The summed E-state index contributed by atoms with van der Waals surface area (Å²) in [6, 6.07) is 5.92. The number of hydrogen-bond acceptors (Lipinski definition) is 3. The van der Waals surface area contributed by atoms with Gasteiger partial charge in [-0.25, -0.2) is 4.39 Å². The fraction of sp³-hybridized carbons (Fsp3) is 0.467. The molecule has 0 radical (unpaired) electrons. The normalized spacial score (nSPS) is 12.0. The van der Waals surface area contributed by atoms with Crippen LogP contribution in [0.15, 0.2) is 24.3 Å². The lowest BCUT2D eigenvalue weighted by Gasteiger charge is -2.16. The molecule has 0 heterocycles. The highest BCUT2D eigenvalue weighted by Crippen LogP contribution is 2.16. The van der Waals surface area contributed by atoms with E-state index < -0.39 is 17.9 Å². The van der Waals surface area contributed by atoms with Gasteiger partial charge in [-0.1, -0.05) is 26.0 Å². The van der Waals surface area contributed by atoms with E-state index >= 15 is 0 Å². The van der Waals surface area contributed by atoms with Crippen LogP contribution in [0.5, 0.6) is 0 Å². The fourth-order valence-corrected chi connectivity index (χ4v) is 1.69. The zero-order chi connectivity index (χ0) is 15.8. The van der Waals surface area contributed by atoms with E-state index in [0.717, 1.165) is 0 Å². The molecule has 2 N–H and O–H groups in total. The summed E-state index contributed by atoms with van der Waals surface area (Å²) >= 11 is 0. The second kappa shape index (κ2) is 8.36. The SMILES string of the molecule is CO[C@@H](CNC(=O)C(=O)NCC(C)C)c1cccc(F)c1. The Morgan fingerprint density at radius 1 is 1.19 bits per heavy atom. The lowest BCUT2D eigenvalue weighted by Crippen LogP contribution is -2.42. The predicted molar refractivity (Wildman–Crippen MR) is 77.0 cm³/mol. The van der Waals surface area contributed by atoms with Crippen molar-refractivity contribution in [3.8, 4) is 0 Å². The number of carbonyl (C=O) groups is 2. The highest BCUT2D eigenvalue weighted by molar-refractivity contribution is 6.35. The minimum absolute atomic E-state index is 0.0912. The van der Waals surface area contributed by atoms with Gasteiger partial charge in [0.2, 0.25) is 0 Å². The lowest BCUT2D eigenvalue weighted by molar-refractivity contribution is -0.139. The molecule has 0 aliphatic carbocycles. The molecule has 1 aromatic carbocycles. The number of methoxy groups -OCH3 is 1. The van der Waals surface area contributed by atoms with Crippen LogP contribution >= 0.6 is 0 Å². The molecule has 1 aromatic rings. The third kappa shape index (κ3) is 5.91. The standard InChI is InChI=1S/C15H21FN2O3/c1-10(2)8-17-14(19)15(20)18-9-13(21-3)11-5-4-6-12(16)7-11/h4-7,10,13H,8-9H2,1-3H3,(H,17,19)(H,18,20)/t13-/m0/s1. The van der Waals surface area contributed by atoms with Crippen molar-refractivity contribution in [1.82, 2.24) is 10.6 Å². The second-order valence-electron chi connectivity index (χ2n) is 5.09. The molecule has 0 saturated heterocycles. The highest BCUT2D eigenvalue weighted by atomic mass is 19.1. The van der Waals surface area contributed by atoms with E-state index in [1.54, 1.807) is 12.1 Å². The molecule has 2 amide bonds. The number of carbonyl (C=O) groups excluding carboxylic acids is 2. The summed E-state index contributed by atoms with van der Waals surface area (Å²) in [5.41, 5.74) is 0.598. The molecule has 6 heteroatoms. The number of benzene rings is 1. The molecule has 5 nitrogen and oxygen atoms in total. The van der Waals surface area contributed by atoms with Crippen molar-refractivity contribution in [1.29, 1.82) is 0 Å². The van der Waals surface area contributed by atoms with Gasteiger partial charge in [0.05, 0.1) is 6.10 Å². The van der Waals surface area contributed by atoms with E-state index in [1.807, 2.05) is 13.8 Å². The maximum absolute atomic E-state index is 13.2. The Hall–Kier alpha value is -1.95. The van der Waals surface area contributed by atoms with Crippen molar-refractivity contribution < 1.29 is 18.7 Å². The van der Waals surface area contributed by atoms with Crippen LogP contribution in [-0.2, 0) is 14.3 Å². The van der Waals surface area contributed by atoms with Crippen LogP contribution in [0.4, 0.5) is 4.39 Å². The molecular weight excluding hydrogens is 275 g/mol. The van der Waals surface area contributed by atoms with E-state index in [1.165, 1.54) is 19.2 Å². The van der Waals surface area contributed by atoms with Crippen molar-refractivity contribution in [2.45, 2.75) is 20.0 Å². The third-order valence-electron chi connectivity index (χ3n) is 2.83. The Kier molecular flexibility index (Phi) is 6.81. The van der Waals surface area contributed by atoms with Crippen LogP contribution in [0.25, 0.3) is 0 Å². The summed E-state index contributed by atoms with van der Waals surface area (Å²) in [5, 5.41) is 5.00. The Balaban J connectivity index is 2.51. The van der Waals surface area contributed by atoms with Crippen molar-refractivity contribution in [2.75, 3.05) is 20.2 Å². The van der Waals surface area contributed by atoms with Gasteiger partial charge in [0, 0.05) is 20.2 Å². The molecule has 0 saturated carbocycles. The van der Waals surface area contributed by atoms with Crippen LogP contribution in [-0.4, -0.2) is 32.0 Å². The van der Waals surface area contributed by atoms with Crippen LogP contribution in [0.2, 0.25) is 0 Å². The second-order valence-corrected chi connectivity index (χ2v) is 5.09. The predicted octanol–water partition coefficient (Wildman–Crippen LogP) is 1.40. The van der Waals surface area contributed by atoms with Gasteiger partial charge in [-0.3, -0.25) is 9.59 Å². The summed E-state index contributed by atoms with van der Waals surface area (Å²) < 4.78 is 18.4. The van der Waals surface area contributed by atoms with Crippen molar-refractivity contribution >= 4 is 11.8 Å². The average molecular weight is 296 g/mol. The Labute approximate surface area is 123 Å². The Morgan fingerprint density at radius 2 is 1.81 bits per heavy atom. The Morgan fingerprint density at radius 3 is 2.33 bits per heavy atom. The molecule has 116 valence electrons. The number of nitrogens with one attached hydrogen (secondary N) is 2. The van der Waals surface area contributed by atoms with E-state index in [4.69, 9.17) is 4.74 Å². The van der Waals surface area contributed by atoms with Gasteiger partial charge in [-0.2, -0.15) is 0 Å². The lowest BCUT2D eigenvalue weighted by atomic mass is 10.1. The average Bonchev–Trinajstić information content (AvgIpc) is 2.45. The minimum Gasteiger partial charge on any atom is -0.375 e. The number of halogens is 1. The van der Waals surface area contributed by atoms with E-state index in [-0.39, 0.29) is 18.3 Å². The van der Waals surface area contributed by atoms with E-state index in [9.17, 15) is 14.0 Å². The highest BCUT2D eigenvalue weighted by Gasteiger charge is 2.17. The third-order valence-corrected chi connectivity index (χ3v) is 2.83. The molecule has 0 unspecified atom stereocenters. The molecular formula is C15H21FN2O3. The zero-order valence-electron chi connectivity index (χ0n) is 12.5. The quantitative estimate of drug-likeness (QED) is 0.780. The van der Waals surface area contributed by atoms with Gasteiger partial charge < -0.3 is 15.4 Å². The molecule has 0 aliphatic rings. The molecule has 0 spiro atoms. The number of amides is 2. The molecule has 0 aromatic heterocycles. The van der Waals surface area contributed by atoms with Crippen LogP contribution in [0, 0.1) is 11.7 Å². The number of ether oxygens (including phenoxy) is 1. The van der Waals surface area contributed by atoms with Gasteiger partial charge in [-0.15, -0.1) is 0 Å². The molecule has 0 fully saturated rings. The maximum atomic E-state index is 13.2. The summed E-state index contributed by atoms with van der Waals surface area (Å²) in [4.78, 5) is 23.1. The van der Waals surface area contributed by atoms with Gasteiger partial charge in [0.25, 0.3) is 0 Å². The smallest absolute Gasteiger partial charge is 0.309 e. The molecule has 1 atom stereocenters. The summed E-state index contributed by atoms with van der Waals surface area (Å²) in [5.74, 6) is -1.52. The molecule has 1 rings (SSSR count). The summed E-state index contributed by atoms with van der Waals surface area (Å²) in [7, 11) is 1.46.